The molecule has 2 N–H and O–H groups in total. The zero-order valence-corrected chi connectivity index (χ0v) is 9.02. The lowest BCUT2D eigenvalue weighted by atomic mass is 9.94. The second-order valence-electron chi connectivity index (χ2n) is 3.48. The van der Waals surface area contributed by atoms with Gasteiger partial charge in [-0.05, 0) is 18.1 Å². The van der Waals surface area contributed by atoms with Crippen molar-refractivity contribution < 1.29 is 4.39 Å². The maximum atomic E-state index is 13.9. The molecule has 0 aliphatic rings. The molecule has 0 bridgehead atoms. The third-order valence-corrected chi connectivity index (χ3v) is 2.83. The van der Waals surface area contributed by atoms with Crippen LogP contribution in [0.4, 0.5) is 4.39 Å². The quantitative estimate of drug-likeness (QED) is 0.821. The van der Waals surface area contributed by atoms with E-state index in [0.717, 1.165) is 5.56 Å². The van der Waals surface area contributed by atoms with E-state index in [0.29, 0.717) is 17.9 Å². The van der Waals surface area contributed by atoms with Gasteiger partial charge in [0.1, 0.15) is 5.67 Å². The average molecular weight is 216 g/mol. The fourth-order valence-electron chi connectivity index (χ4n) is 1.32. The van der Waals surface area contributed by atoms with Gasteiger partial charge in [-0.25, -0.2) is 4.39 Å². The van der Waals surface area contributed by atoms with Crippen LogP contribution in [0.15, 0.2) is 24.3 Å². The van der Waals surface area contributed by atoms with Gasteiger partial charge in [-0.3, -0.25) is 0 Å². The molecule has 1 aromatic rings. The van der Waals surface area contributed by atoms with E-state index >= 15 is 0 Å². The second-order valence-corrected chi connectivity index (χ2v) is 3.88. The van der Waals surface area contributed by atoms with Crippen molar-refractivity contribution in [3.63, 3.8) is 0 Å². The Kier molecular flexibility index (Phi) is 3.90. The summed E-state index contributed by atoms with van der Waals surface area (Å²) in [4.78, 5) is 0. The van der Waals surface area contributed by atoms with Crippen LogP contribution in [0.2, 0.25) is 5.02 Å². The van der Waals surface area contributed by atoms with Gasteiger partial charge in [0.25, 0.3) is 0 Å². The Bertz CT molecular complexity index is 297. The lowest BCUT2D eigenvalue weighted by Crippen LogP contribution is -2.34. The Hall–Kier alpha value is -0.600. The van der Waals surface area contributed by atoms with E-state index in [1.807, 2.05) is 18.2 Å². The molecule has 1 nitrogen and oxygen atoms in total. The van der Waals surface area contributed by atoms with Crippen molar-refractivity contribution in [3.05, 3.63) is 34.9 Å². The first-order valence-electron chi connectivity index (χ1n) is 4.73. The van der Waals surface area contributed by atoms with Crippen molar-refractivity contribution in [2.75, 3.05) is 6.54 Å². The number of benzene rings is 1. The molecule has 0 saturated heterocycles. The molecule has 0 aromatic heterocycles. The summed E-state index contributed by atoms with van der Waals surface area (Å²) in [6.07, 6.45) is 0.703. The van der Waals surface area contributed by atoms with Crippen LogP contribution < -0.4 is 5.73 Å². The molecule has 0 aliphatic carbocycles. The molecule has 0 fully saturated rings. The van der Waals surface area contributed by atoms with Gasteiger partial charge in [0.05, 0.1) is 0 Å². The Morgan fingerprint density at radius 1 is 1.43 bits per heavy atom. The van der Waals surface area contributed by atoms with Gasteiger partial charge >= 0.3 is 0 Å². The second kappa shape index (κ2) is 4.76. The normalized spacial score (nSPS) is 15.1. The first kappa shape index (κ1) is 11.5. The molecule has 1 unspecified atom stereocenters. The molecule has 1 atom stereocenters. The van der Waals surface area contributed by atoms with Gasteiger partial charge in [0, 0.05) is 18.0 Å². The fraction of sp³-hybridized carbons (Fsp3) is 0.455. The maximum Gasteiger partial charge on any atom is 0.127 e. The Morgan fingerprint density at radius 2 is 2.07 bits per heavy atom. The zero-order chi connectivity index (χ0) is 10.6. The molecule has 14 heavy (non-hydrogen) atoms. The van der Waals surface area contributed by atoms with Gasteiger partial charge in [0.15, 0.2) is 0 Å². The van der Waals surface area contributed by atoms with E-state index in [1.165, 1.54) is 0 Å². The largest absolute Gasteiger partial charge is 0.328 e. The number of hydrogen-bond acceptors (Lipinski definition) is 1. The fourth-order valence-corrected chi connectivity index (χ4v) is 1.53. The predicted octanol–water partition coefficient (Wildman–Crippen LogP) is 2.96. The Morgan fingerprint density at radius 3 is 2.57 bits per heavy atom. The molecular formula is C11H15ClFN. The van der Waals surface area contributed by atoms with Gasteiger partial charge in [-0.15, -0.1) is 0 Å². The Labute approximate surface area is 89.1 Å². The predicted molar refractivity (Wildman–Crippen MR) is 58.3 cm³/mol. The van der Waals surface area contributed by atoms with Crippen LogP contribution in [-0.4, -0.2) is 12.2 Å². The smallest absolute Gasteiger partial charge is 0.127 e. The Balaban J connectivity index is 2.82. The van der Waals surface area contributed by atoms with Crippen molar-refractivity contribution in [2.45, 2.75) is 25.4 Å². The van der Waals surface area contributed by atoms with Crippen molar-refractivity contribution in [1.82, 2.24) is 0 Å². The summed E-state index contributed by atoms with van der Waals surface area (Å²) in [6.45, 7) is 1.83. The monoisotopic (exact) mass is 215 g/mol. The highest BCUT2D eigenvalue weighted by atomic mass is 35.5. The molecule has 1 aromatic carbocycles. The highest BCUT2D eigenvalue weighted by Gasteiger charge is 2.26. The molecule has 0 heterocycles. The summed E-state index contributed by atoms with van der Waals surface area (Å²) >= 11 is 5.94. The average Bonchev–Trinajstić information content (AvgIpc) is 2.21. The maximum absolute atomic E-state index is 13.9. The highest BCUT2D eigenvalue weighted by Crippen LogP contribution is 2.25. The molecular weight excluding hydrogens is 201 g/mol. The van der Waals surface area contributed by atoms with Gasteiger partial charge in [-0.2, -0.15) is 0 Å². The van der Waals surface area contributed by atoms with Gasteiger partial charge in [-0.1, -0.05) is 36.7 Å². The standard InChI is InChI=1S/C11H15ClFN/c1-2-11(13,8-14)7-9-5-3-4-6-10(9)12/h3-6H,2,7-8,14H2,1H3. The van der Waals surface area contributed by atoms with E-state index in [9.17, 15) is 4.39 Å². The number of hydrogen-bond donors (Lipinski definition) is 1. The van der Waals surface area contributed by atoms with Crippen molar-refractivity contribution in [3.8, 4) is 0 Å². The van der Waals surface area contributed by atoms with E-state index in [-0.39, 0.29) is 6.54 Å². The minimum Gasteiger partial charge on any atom is -0.328 e. The summed E-state index contributed by atoms with van der Waals surface area (Å²) in [5, 5.41) is 0.608. The SMILES string of the molecule is CCC(F)(CN)Cc1ccccc1Cl. The molecule has 0 radical (unpaired) electrons. The van der Waals surface area contributed by atoms with E-state index in [1.54, 1.807) is 13.0 Å². The van der Waals surface area contributed by atoms with Crippen molar-refractivity contribution >= 4 is 11.6 Å². The van der Waals surface area contributed by atoms with Crippen molar-refractivity contribution in [2.24, 2.45) is 5.73 Å². The third kappa shape index (κ3) is 2.69. The molecule has 3 heteroatoms. The number of alkyl halides is 1. The molecule has 0 spiro atoms. The number of nitrogens with two attached hydrogens (primary N) is 1. The van der Waals surface area contributed by atoms with Crippen LogP contribution in [-0.2, 0) is 6.42 Å². The molecule has 0 saturated carbocycles. The summed E-state index contributed by atoms with van der Waals surface area (Å²) in [5.41, 5.74) is 4.89. The minimum absolute atomic E-state index is 0.0364. The third-order valence-electron chi connectivity index (χ3n) is 2.46. The lowest BCUT2D eigenvalue weighted by Gasteiger charge is -2.22. The van der Waals surface area contributed by atoms with Crippen LogP contribution in [0.25, 0.3) is 0 Å². The van der Waals surface area contributed by atoms with Crippen LogP contribution >= 0.6 is 11.6 Å². The zero-order valence-electron chi connectivity index (χ0n) is 8.26. The number of halogens is 2. The van der Waals surface area contributed by atoms with Crippen LogP contribution in [0.5, 0.6) is 0 Å². The number of rotatable bonds is 4. The lowest BCUT2D eigenvalue weighted by molar-refractivity contribution is 0.167. The van der Waals surface area contributed by atoms with E-state index in [4.69, 9.17) is 17.3 Å². The van der Waals surface area contributed by atoms with Crippen LogP contribution in [0.3, 0.4) is 0 Å². The summed E-state index contributed by atoms with van der Waals surface area (Å²) < 4.78 is 13.9. The summed E-state index contributed by atoms with van der Waals surface area (Å²) in [6, 6.07) is 7.29. The van der Waals surface area contributed by atoms with E-state index < -0.39 is 5.67 Å². The first-order chi connectivity index (χ1) is 6.61. The van der Waals surface area contributed by atoms with Crippen LogP contribution in [0, 0.1) is 0 Å². The molecule has 0 aliphatic heterocycles. The van der Waals surface area contributed by atoms with Crippen molar-refractivity contribution in [1.29, 1.82) is 0 Å². The molecule has 0 amide bonds. The van der Waals surface area contributed by atoms with Crippen LogP contribution in [0.1, 0.15) is 18.9 Å². The van der Waals surface area contributed by atoms with E-state index in [2.05, 4.69) is 0 Å². The summed E-state index contributed by atoms with van der Waals surface area (Å²) in [5.74, 6) is 0. The highest BCUT2D eigenvalue weighted by molar-refractivity contribution is 6.31. The van der Waals surface area contributed by atoms with Gasteiger partial charge in [0.2, 0.25) is 0 Å². The minimum atomic E-state index is -1.33. The molecule has 1 rings (SSSR count). The summed E-state index contributed by atoms with van der Waals surface area (Å²) in [7, 11) is 0. The molecule has 78 valence electrons. The topological polar surface area (TPSA) is 26.0 Å². The first-order valence-corrected chi connectivity index (χ1v) is 5.11. The van der Waals surface area contributed by atoms with Gasteiger partial charge < -0.3 is 5.73 Å².